The van der Waals surface area contributed by atoms with Crippen LogP contribution in [0.15, 0.2) is 12.1 Å². The molecule has 0 aliphatic heterocycles. The first-order chi connectivity index (χ1) is 9.86. The molecule has 3 N–H and O–H groups in total. The fraction of sp³-hybridized carbons (Fsp3) is 0.231. The highest BCUT2D eigenvalue weighted by atomic mass is 19.2. The smallest absolute Gasteiger partial charge is 0.276 e. The van der Waals surface area contributed by atoms with Crippen molar-refractivity contribution < 1.29 is 18.0 Å². The van der Waals surface area contributed by atoms with Crippen LogP contribution in [0.25, 0.3) is 0 Å². The number of rotatable bonds is 3. The molecule has 1 heterocycles. The lowest BCUT2D eigenvalue weighted by Crippen LogP contribution is -2.18. The Kier molecular flexibility index (Phi) is 3.88. The first-order valence-electron chi connectivity index (χ1n) is 6.13. The van der Waals surface area contributed by atoms with Gasteiger partial charge in [-0.2, -0.15) is 5.10 Å². The van der Waals surface area contributed by atoms with Crippen LogP contribution in [0.4, 0.5) is 24.5 Å². The number of nitrogens with one attached hydrogen (secondary N) is 1. The van der Waals surface area contributed by atoms with Crippen LogP contribution >= 0.6 is 0 Å². The van der Waals surface area contributed by atoms with Crippen molar-refractivity contribution in [2.45, 2.75) is 13.3 Å². The molecule has 0 saturated heterocycles. The summed E-state index contributed by atoms with van der Waals surface area (Å²) in [5.41, 5.74) is 6.03. The van der Waals surface area contributed by atoms with E-state index in [1.165, 1.54) is 11.7 Å². The van der Waals surface area contributed by atoms with Gasteiger partial charge in [0.1, 0.15) is 5.69 Å². The minimum atomic E-state index is -1.65. The fourth-order valence-electron chi connectivity index (χ4n) is 1.93. The van der Waals surface area contributed by atoms with E-state index in [-0.39, 0.29) is 11.4 Å². The van der Waals surface area contributed by atoms with Crippen LogP contribution in [0.5, 0.6) is 0 Å². The van der Waals surface area contributed by atoms with Crippen LogP contribution in [-0.4, -0.2) is 15.7 Å². The van der Waals surface area contributed by atoms with Crippen LogP contribution in [0.3, 0.4) is 0 Å². The summed E-state index contributed by atoms with van der Waals surface area (Å²) in [5.74, 6) is -5.22. The third kappa shape index (κ3) is 2.56. The number of anilines is 2. The van der Waals surface area contributed by atoms with E-state index < -0.39 is 29.0 Å². The zero-order chi connectivity index (χ0) is 15.7. The lowest BCUT2D eigenvalue weighted by molar-refractivity contribution is 0.101. The Labute approximate surface area is 118 Å². The van der Waals surface area contributed by atoms with Gasteiger partial charge in [0, 0.05) is 7.05 Å². The van der Waals surface area contributed by atoms with E-state index in [0.717, 1.165) is 12.1 Å². The van der Waals surface area contributed by atoms with Gasteiger partial charge >= 0.3 is 0 Å². The van der Waals surface area contributed by atoms with E-state index in [4.69, 9.17) is 5.73 Å². The number of hydrogen-bond acceptors (Lipinski definition) is 3. The van der Waals surface area contributed by atoms with E-state index in [1.807, 2.05) is 6.92 Å². The molecule has 1 amide bonds. The van der Waals surface area contributed by atoms with Gasteiger partial charge in [0.2, 0.25) is 0 Å². The second kappa shape index (κ2) is 5.47. The molecule has 0 aliphatic rings. The average Bonchev–Trinajstić information content (AvgIpc) is 2.74. The second-order valence-corrected chi connectivity index (χ2v) is 4.36. The van der Waals surface area contributed by atoms with Crippen molar-refractivity contribution in [3.8, 4) is 0 Å². The number of carbonyl (C=O) groups excluding carboxylic acids is 1. The Morgan fingerprint density at radius 3 is 2.57 bits per heavy atom. The zero-order valence-corrected chi connectivity index (χ0v) is 11.4. The molecule has 0 atom stereocenters. The molecule has 0 fully saturated rings. The van der Waals surface area contributed by atoms with Gasteiger partial charge in [0.15, 0.2) is 17.5 Å². The number of halogens is 3. The summed E-state index contributed by atoms with van der Waals surface area (Å²) in [6.07, 6.45) is 0.520. The number of carbonyl (C=O) groups is 1. The van der Waals surface area contributed by atoms with Crippen molar-refractivity contribution in [3.05, 3.63) is 41.0 Å². The minimum Gasteiger partial charge on any atom is -0.395 e. The molecule has 0 spiro atoms. The molecular formula is C13H13F3N4O. The Balaban J connectivity index is 2.35. The predicted octanol–water partition coefficient (Wildman–Crippen LogP) is 2.23. The van der Waals surface area contributed by atoms with Crippen molar-refractivity contribution >= 4 is 17.3 Å². The highest BCUT2D eigenvalue weighted by Crippen LogP contribution is 2.22. The third-order valence-corrected chi connectivity index (χ3v) is 2.99. The number of nitrogens with zero attached hydrogens (tertiary/aromatic N) is 2. The molecule has 0 saturated carbocycles. The average molecular weight is 298 g/mol. The van der Waals surface area contributed by atoms with Crippen molar-refractivity contribution in [1.29, 1.82) is 0 Å². The maximum Gasteiger partial charge on any atom is 0.276 e. The number of benzene rings is 1. The molecule has 8 heteroatoms. The Hall–Kier alpha value is -2.51. The summed E-state index contributed by atoms with van der Waals surface area (Å²) in [6.45, 7) is 1.81. The molecule has 5 nitrogen and oxygen atoms in total. The Morgan fingerprint density at radius 1 is 1.33 bits per heavy atom. The molecule has 0 unspecified atom stereocenters. The summed E-state index contributed by atoms with van der Waals surface area (Å²) >= 11 is 0. The number of aryl methyl sites for hydroxylation is 2. The van der Waals surface area contributed by atoms with Gasteiger partial charge in [0.25, 0.3) is 5.91 Å². The Morgan fingerprint density at radius 2 is 2.00 bits per heavy atom. The van der Waals surface area contributed by atoms with Crippen LogP contribution in [0.2, 0.25) is 0 Å². The number of aromatic nitrogens is 2. The van der Waals surface area contributed by atoms with Crippen molar-refractivity contribution in [1.82, 2.24) is 9.78 Å². The Bertz CT molecular complexity index is 712. The summed E-state index contributed by atoms with van der Waals surface area (Å²) in [5, 5.41) is 6.20. The molecule has 21 heavy (non-hydrogen) atoms. The summed E-state index contributed by atoms with van der Waals surface area (Å²) in [6, 6.07) is 1.65. The third-order valence-electron chi connectivity index (χ3n) is 2.99. The number of hydrogen-bond donors (Lipinski definition) is 2. The number of nitrogens with two attached hydrogens (primary N) is 1. The highest BCUT2D eigenvalue weighted by Gasteiger charge is 2.21. The van der Waals surface area contributed by atoms with E-state index in [2.05, 4.69) is 10.4 Å². The standard InChI is InChI=1S/C13H13F3N4O/c1-3-7-11(17)12(20(2)19-7)13(21)18-8-5-4-6(14)9(15)10(8)16/h4-5H,3,17H2,1-2H3,(H,18,21). The van der Waals surface area contributed by atoms with Crippen molar-refractivity contribution in [2.24, 2.45) is 7.05 Å². The molecule has 2 aromatic rings. The fourth-order valence-corrected chi connectivity index (χ4v) is 1.93. The molecule has 112 valence electrons. The maximum absolute atomic E-state index is 13.5. The van der Waals surface area contributed by atoms with Gasteiger partial charge in [-0.05, 0) is 18.6 Å². The van der Waals surface area contributed by atoms with Gasteiger partial charge < -0.3 is 11.1 Å². The van der Waals surface area contributed by atoms with Gasteiger partial charge in [-0.15, -0.1) is 0 Å². The topological polar surface area (TPSA) is 72.9 Å². The van der Waals surface area contributed by atoms with Crippen molar-refractivity contribution in [3.63, 3.8) is 0 Å². The summed E-state index contributed by atoms with van der Waals surface area (Å²) in [4.78, 5) is 12.1. The highest BCUT2D eigenvalue weighted by molar-refractivity contribution is 6.06. The van der Waals surface area contributed by atoms with E-state index in [9.17, 15) is 18.0 Å². The number of nitrogen functional groups attached to an aromatic ring is 1. The normalized spacial score (nSPS) is 10.7. The summed E-state index contributed by atoms with van der Waals surface area (Å²) < 4.78 is 40.7. The lowest BCUT2D eigenvalue weighted by atomic mass is 10.2. The predicted molar refractivity (Wildman–Crippen MR) is 71.3 cm³/mol. The summed E-state index contributed by atoms with van der Waals surface area (Å²) in [7, 11) is 1.51. The van der Waals surface area contributed by atoms with Crippen LogP contribution in [0.1, 0.15) is 23.1 Å². The van der Waals surface area contributed by atoms with Gasteiger partial charge in [-0.1, -0.05) is 6.92 Å². The zero-order valence-electron chi connectivity index (χ0n) is 11.4. The van der Waals surface area contributed by atoms with Crippen LogP contribution in [0, 0.1) is 17.5 Å². The largest absolute Gasteiger partial charge is 0.395 e. The van der Waals surface area contributed by atoms with Crippen LogP contribution < -0.4 is 11.1 Å². The van der Waals surface area contributed by atoms with Gasteiger partial charge in [-0.25, -0.2) is 13.2 Å². The van der Waals surface area contributed by atoms with Crippen molar-refractivity contribution in [2.75, 3.05) is 11.1 Å². The second-order valence-electron chi connectivity index (χ2n) is 4.36. The molecule has 1 aromatic carbocycles. The van der Waals surface area contributed by atoms with E-state index >= 15 is 0 Å². The molecular weight excluding hydrogens is 285 g/mol. The monoisotopic (exact) mass is 298 g/mol. The molecule has 0 radical (unpaired) electrons. The lowest BCUT2D eigenvalue weighted by Gasteiger charge is -2.08. The maximum atomic E-state index is 13.5. The molecule has 2 rings (SSSR count). The SMILES string of the molecule is CCc1nn(C)c(C(=O)Nc2ccc(F)c(F)c2F)c1N. The number of amides is 1. The first-order valence-corrected chi connectivity index (χ1v) is 6.13. The first kappa shape index (κ1) is 14.9. The minimum absolute atomic E-state index is 0.0241. The quantitative estimate of drug-likeness (QED) is 0.853. The van der Waals surface area contributed by atoms with Gasteiger partial charge in [0.05, 0.1) is 17.1 Å². The molecule has 0 aliphatic carbocycles. The van der Waals surface area contributed by atoms with E-state index in [1.54, 1.807) is 0 Å². The van der Waals surface area contributed by atoms with E-state index in [0.29, 0.717) is 12.1 Å². The molecule has 1 aromatic heterocycles. The van der Waals surface area contributed by atoms with Crippen LogP contribution in [-0.2, 0) is 13.5 Å². The molecule has 0 bridgehead atoms. The van der Waals surface area contributed by atoms with Gasteiger partial charge in [-0.3, -0.25) is 9.48 Å².